The number of carbonyl (C=O) groups is 1. The van der Waals surface area contributed by atoms with Gasteiger partial charge in [0.1, 0.15) is 6.54 Å². The minimum atomic E-state index is -0.283. The second-order valence-electron chi connectivity index (χ2n) is 5.70. The molecule has 1 amide bonds. The summed E-state index contributed by atoms with van der Waals surface area (Å²) in [6.07, 6.45) is 5.41. The molecule has 0 bridgehead atoms. The minimum Gasteiger partial charge on any atom is -0.341 e. The number of hydrogen-bond donors (Lipinski definition) is 0. The van der Waals surface area contributed by atoms with Crippen molar-refractivity contribution in [2.75, 3.05) is 13.1 Å². The molecule has 116 valence electrons. The summed E-state index contributed by atoms with van der Waals surface area (Å²) in [7, 11) is 0. The predicted octanol–water partition coefficient (Wildman–Crippen LogP) is 0.687. The highest BCUT2D eigenvalue weighted by atomic mass is 16.2. The molecule has 0 unspecified atom stereocenters. The van der Waals surface area contributed by atoms with Gasteiger partial charge in [0.15, 0.2) is 5.82 Å². The fourth-order valence-electron chi connectivity index (χ4n) is 2.56. The van der Waals surface area contributed by atoms with Crippen LogP contribution in [0.4, 0.5) is 0 Å². The zero-order valence-electron chi connectivity index (χ0n) is 12.6. The maximum atomic E-state index is 12.3. The maximum absolute atomic E-state index is 12.3. The molecule has 0 radical (unpaired) electrons. The minimum absolute atomic E-state index is 0.0255. The number of nitrogens with zero attached hydrogens (tertiary/aromatic N) is 5. The molecule has 3 rings (SSSR count). The van der Waals surface area contributed by atoms with Gasteiger partial charge < -0.3 is 4.90 Å². The van der Waals surface area contributed by atoms with E-state index in [1.165, 1.54) is 10.7 Å². The molecule has 0 saturated carbocycles. The molecular formula is C15H19N5O2. The van der Waals surface area contributed by atoms with Gasteiger partial charge in [-0.05, 0) is 30.9 Å². The van der Waals surface area contributed by atoms with Gasteiger partial charge in [-0.1, -0.05) is 6.92 Å². The third-order valence-corrected chi connectivity index (χ3v) is 4.01. The van der Waals surface area contributed by atoms with Gasteiger partial charge in [0.25, 0.3) is 5.56 Å². The second kappa shape index (κ2) is 6.13. The molecule has 1 fully saturated rings. The summed E-state index contributed by atoms with van der Waals surface area (Å²) in [6.45, 7) is 3.69. The summed E-state index contributed by atoms with van der Waals surface area (Å²) in [5.41, 5.74) is -0.283. The topological polar surface area (TPSA) is 73.0 Å². The van der Waals surface area contributed by atoms with Crippen LogP contribution in [-0.4, -0.2) is 43.5 Å². The normalized spacial score (nSPS) is 16.0. The largest absolute Gasteiger partial charge is 0.341 e. The van der Waals surface area contributed by atoms with Crippen LogP contribution < -0.4 is 5.56 Å². The van der Waals surface area contributed by atoms with Crippen molar-refractivity contribution in [2.45, 2.75) is 26.3 Å². The average molecular weight is 301 g/mol. The summed E-state index contributed by atoms with van der Waals surface area (Å²) in [5.74, 6) is 1.12. The highest BCUT2D eigenvalue weighted by Crippen LogP contribution is 2.16. The van der Waals surface area contributed by atoms with E-state index in [-0.39, 0.29) is 18.0 Å². The van der Waals surface area contributed by atoms with Gasteiger partial charge >= 0.3 is 0 Å². The van der Waals surface area contributed by atoms with Crippen LogP contribution in [-0.2, 0) is 11.3 Å². The van der Waals surface area contributed by atoms with Crippen LogP contribution in [0.15, 0.2) is 35.4 Å². The fourth-order valence-corrected chi connectivity index (χ4v) is 2.56. The third kappa shape index (κ3) is 3.08. The molecule has 2 aromatic rings. The Hall–Kier alpha value is -2.44. The Balaban J connectivity index is 1.76. The molecule has 7 nitrogen and oxygen atoms in total. The van der Waals surface area contributed by atoms with E-state index in [2.05, 4.69) is 17.1 Å². The van der Waals surface area contributed by atoms with Crippen LogP contribution in [0, 0.1) is 5.92 Å². The molecule has 0 spiro atoms. The molecule has 7 heteroatoms. The Morgan fingerprint density at radius 2 is 2.09 bits per heavy atom. The summed E-state index contributed by atoms with van der Waals surface area (Å²) in [6, 6.07) is 4.78. The van der Waals surface area contributed by atoms with Crippen molar-refractivity contribution in [1.29, 1.82) is 0 Å². The highest BCUT2D eigenvalue weighted by molar-refractivity contribution is 5.76. The summed E-state index contributed by atoms with van der Waals surface area (Å²) in [5, 5.41) is 8.30. The van der Waals surface area contributed by atoms with Gasteiger partial charge in [0.05, 0.1) is 0 Å². The van der Waals surface area contributed by atoms with Gasteiger partial charge in [0.2, 0.25) is 5.91 Å². The number of amides is 1. The Bertz CT molecular complexity index is 699. The second-order valence-corrected chi connectivity index (χ2v) is 5.70. The number of carbonyl (C=O) groups excluding carboxylic acids is 1. The molecule has 0 aliphatic carbocycles. The van der Waals surface area contributed by atoms with E-state index in [1.54, 1.807) is 29.2 Å². The Morgan fingerprint density at radius 3 is 2.77 bits per heavy atom. The SMILES string of the molecule is CC1CCN(C(=O)Cn2nc(-n3cccn3)ccc2=O)CC1. The molecule has 1 aliphatic rings. The molecular weight excluding hydrogens is 282 g/mol. The lowest BCUT2D eigenvalue weighted by molar-refractivity contribution is -0.133. The average Bonchev–Trinajstić information content (AvgIpc) is 3.04. The molecule has 3 heterocycles. The molecule has 22 heavy (non-hydrogen) atoms. The van der Waals surface area contributed by atoms with Crippen molar-refractivity contribution in [3.05, 3.63) is 40.9 Å². The fraction of sp³-hybridized carbons (Fsp3) is 0.467. The first-order chi connectivity index (χ1) is 10.6. The monoisotopic (exact) mass is 301 g/mol. The first kappa shape index (κ1) is 14.5. The summed E-state index contributed by atoms with van der Waals surface area (Å²) < 4.78 is 2.76. The van der Waals surface area contributed by atoms with E-state index in [1.807, 2.05) is 4.90 Å². The van der Waals surface area contributed by atoms with Crippen molar-refractivity contribution >= 4 is 5.91 Å². The van der Waals surface area contributed by atoms with Crippen molar-refractivity contribution < 1.29 is 4.79 Å². The van der Waals surface area contributed by atoms with Crippen LogP contribution in [0.25, 0.3) is 5.82 Å². The third-order valence-electron chi connectivity index (χ3n) is 4.01. The van der Waals surface area contributed by atoms with E-state index < -0.39 is 0 Å². The van der Waals surface area contributed by atoms with Crippen molar-refractivity contribution in [3.8, 4) is 5.82 Å². The molecule has 2 aromatic heterocycles. The standard InChI is InChI=1S/C15H19N5O2/c1-12-5-9-18(10-6-12)15(22)11-20-14(21)4-3-13(17-20)19-8-2-7-16-19/h2-4,7-8,12H,5-6,9-11H2,1H3. The molecule has 0 aromatic carbocycles. The number of rotatable bonds is 3. The number of hydrogen-bond acceptors (Lipinski definition) is 4. The van der Waals surface area contributed by atoms with E-state index in [4.69, 9.17) is 0 Å². The number of likely N-dealkylation sites (tertiary alicyclic amines) is 1. The van der Waals surface area contributed by atoms with Crippen molar-refractivity contribution in [3.63, 3.8) is 0 Å². The van der Waals surface area contributed by atoms with Gasteiger partial charge in [-0.2, -0.15) is 5.10 Å². The Labute approximate surface area is 128 Å². The van der Waals surface area contributed by atoms with Crippen molar-refractivity contribution in [2.24, 2.45) is 5.92 Å². The van der Waals surface area contributed by atoms with E-state index in [0.29, 0.717) is 11.7 Å². The summed E-state index contributed by atoms with van der Waals surface area (Å²) >= 11 is 0. The van der Waals surface area contributed by atoms with Gasteiger partial charge in [0, 0.05) is 31.5 Å². The smallest absolute Gasteiger partial charge is 0.267 e. The summed E-state index contributed by atoms with van der Waals surface area (Å²) in [4.78, 5) is 26.1. The molecule has 1 aliphatic heterocycles. The Kier molecular flexibility index (Phi) is 4.04. The highest BCUT2D eigenvalue weighted by Gasteiger charge is 2.21. The van der Waals surface area contributed by atoms with Crippen LogP contribution in [0.1, 0.15) is 19.8 Å². The van der Waals surface area contributed by atoms with Crippen molar-refractivity contribution in [1.82, 2.24) is 24.5 Å². The molecule has 0 N–H and O–H groups in total. The zero-order chi connectivity index (χ0) is 15.5. The Morgan fingerprint density at radius 1 is 1.32 bits per heavy atom. The lowest BCUT2D eigenvalue weighted by Crippen LogP contribution is -2.41. The first-order valence-corrected chi connectivity index (χ1v) is 7.49. The lowest BCUT2D eigenvalue weighted by Gasteiger charge is -2.30. The predicted molar refractivity (Wildman–Crippen MR) is 80.6 cm³/mol. The van der Waals surface area contributed by atoms with Gasteiger partial charge in [-0.3, -0.25) is 9.59 Å². The van der Waals surface area contributed by atoms with Crippen LogP contribution >= 0.6 is 0 Å². The van der Waals surface area contributed by atoms with Crippen LogP contribution in [0.3, 0.4) is 0 Å². The van der Waals surface area contributed by atoms with Gasteiger partial charge in [-0.25, -0.2) is 9.36 Å². The number of piperidine rings is 1. The first-order valence-electron chi connectivity index (χ1n) is 7.49. The molecule has 0 atom stereocenters. The lowest BCUT2D eigenvalue weighted by atomic mass is 9.99. The zero-order valence-corrected chi connectivity index (χ0v) is 12.6. The van der Waals surface area contributed by atoms with E-state index in [0.717, 1.165) is 25.9 Å². The van der Waals surface area contributed by atoms with E-state index in [9.17, 15) is 9.59 Å². The quantitative estimate of drug-likeness (QED) is 0.836. The maximum Gasteiger partial charge on any atom is 0.267 e. The molecule has 1 saturated heterocycles. The van der Waals surface area contributed by atoms with Crippen LogP contribution in [0.5, 0.6) is 0 Å². The van der Waals surface area contributed by atoms with Crippen LogP contribution in [0.2, 0.25) is 0 Å². The number of aromatic nitrogens is 4. The van der Waals surface area contributed by atoms with Gasteiger partial charge in [-0.15, -0.1) is 5.10 Å². The van der Waals surface area contributed by atoms with E-state index >= 15 is 0 Å².